The van der Waals surface area contributed by atoms with Crippen LogP contribution in [0.5, 0.6) is 0 Å². The van der Waals surface area contributed by atoms with Crippen molar-refractivity contribution in [3.63, 3.8) is 0 Å². The van der Waals surface area contributed by atoms with E-state index in [1.165, 1.54) is 12.1 Å². The van der Waals surface area contributed by atoms with Crippen molar-refractivity contribution < 1.29 is 9.18 Å². The Balaban J connectivity index is 2.21. The van der Waals surface area contributed by atoms with E-state index in [0.29, 0.717) is 13.0 Å². The second-order valence-corrected chi connectivity index (χ2v) is 3.23. The van der Waals surface area contributed by atoms with E-state index in [1.54, 1.807) is 6.07 Å². The Hall–Kier alpha value is -1.22. The number of nitrogens with one attached hydrogen (secondary N) is 1. The monoisotopic (exact) mass is 179 g/mol. The van der Waals surface area contributed by atoms with E-state index < -0.39 is 0 Å². The number of Topliss-reactive ketones (excluding diaryl/α,β-unsaturated/α-hetero) is 1. The fourth-order valence-electron chi connectivity index (χ4n) is 1.57. The summed E-state index contributed by atoms with van der Waals surface area (Å²) in [7, 11) is 0. The zero-order valence-electron chi connectivity index (χ0n) is 7.09. The Kier molecular flexibility index (Phi) is 2.10. The molecule has 13 heavy (non-hydrogen) atoms. The van der Waals surface area contributed by atoms with Crippen molar-refractivity contribution in [2.75, 3.05) is 6.54 Å². The highest BCUT2D eigenvalue weighted by atomic mass is 19.1. The molecule has 68 valence electrons. The Morgan fingerprint density at radius 3 is 2.92 bits per heavy atom. The van der Waals surface area contributed by atoms with Crippen LogP contribution in [-0.4, -0.2) is 12.3 Å². The lowest BCUT2D eigenvalue weighted by atomic mass is 10.1. The summed E-state index contributed by atoms with van der Waals surface area (Å²) in [5, 5.41) is 3.03. The number of ketones is 1. The van der Waals surface area contributed by atoms with Crippen molar-refractivity contribution in [2.45, 2.75) is 12.5 Å². The number of carbonyl (C=O) groups is 1. The fourth-order valence-corrected chi connectivity index (χ4v) is 1.57. The predicted octanol–water partition coefficient (Wildman–Crippen LogP) is 1.43. The molecule has 2 nitrogen and oxygen atoms in total. The first kappa shape index (κ1) is 8.38. The summed E-state index contributed by atoms with van der Waals surface area (Å²) in [5.74, 6) is -0.0621. The summed E-state index contributed by atoms with van der Waals surface area (Å²) < 4.78 is 12.8. The zero-order chi connectivity index (χ0) is 9.26. The van der Waals surface area contributed by atoms with E-state index in [4.69, 9.17) is 0 Å². The fraction of sp³-hybridized carbons (Fsp3) is 0.300. The van der Waals surface area contributed by atoms with Crippen molar-refractivity contribution in [2.24, 2.45) is 0 Å². The third-order valence-corrected chi connectivity index (χ3v) is 2.23. The predicted molar refractivity (Wildman–Crippen MR) is 46.8 cm³/mol. The minimum absolute atomic E-state index is 0.00296. The van der Waals surface area contributed by atoms with Crippen LogP contribution in [0, 0.1) is 5.82 Å². The van der Waals surface area contributed by atoms with Crippen LogP contribution in [0.25, 0.3) is 0 Å². The number of hydrogen-bond acceptors (Lipinski definition) is 2. The largest absolute Gasteiger partial charge is 0.303 e. The number of carbonyl (C=O) groups excluding carboxylic acids is 1. The molecule has 1 saturated heterocycles. The van der Waals surface area contributed by atoms with Gasteiger partial charge in [-0.25, -0.2) is 4.39 Å². The SMILES string of the molecule is O=C1CNC(c2cccc(F)c2)C1. The van der Waals surface area contributed by atoms with Gasteiger partial charge >= 0.3 is 0 Å². The third-order valence-electron chi connectivity index (χ3n) is 2.23. The van der Waals surface area contributed by atoms with Gasteiger partial charge < -0.3 is 5.32 Å². The molecule has 2 rings (SSSR count). The van der Waals surface area contributed by atoms with Gasteiger partial charge in [-0.2, -0.15) is 0 Å². The molecular formula is C10H10FNO. The molecule has 1 atom stereocenters. The molecule has 1 N–H and O–H groups in total. The topological polar surface area (TPSA) is 29.1 Å². The first-order valence-corrected chi connectivity index (χ1v) is 4.26. The highest BCUT2D eigenvalue weighted by molar-refractivity contribution is 5.83. The lowest BCUT2D eigenvalue weighted by Gasteiger charge is -2.08. The Morgan fingerprint density at radius 2 is 2.31 bits per heavy atom. The molecule has 0 aliphatic carbocycles. The normalized spacial score (nSPS) is 22.2. The quantitative estimate of drug-likeness (QED) is 0.706. The second kappa shape index (κ2) is 3.26. The molecule has 0 aromatic heterocycles. The second-order valence-electron chi connectivity index (χ2n) is 3.23. The average Bonchev–Trinajstić information content (AvgIpc) is 2.52. The van der Waals surface area contributed by atoms with E-state index in [-0.39, 0.29) is 17.6 Å². The molecular weight excluding hydrogens is 169 g/mol. The van der Waals surface area contributed by atoms with Gasteiger partial charge in [0.05, 0.1) is 6.54 Å². The van der Waals surface area contributed by atoms with Crippen molar-refractivity contribution in [3.05, 3.63) is 35.6 Å². The van der Waals surface area contributed by atoms with Gasteiger partial charge in [0.2, 0.25) is 0 Å². The molecule has 0 saturated carbocycles. The Morgan fingerprint density at radius 1 is 1.46 bits per heavy atom. The Labute approximate surface area is 75.8 Å². The molecule has 1 aromatic carbocycles. The van der Waals surface area contributed by atoms with Crippen LogP contribution in [0.3, 0.4) is 0 Å². The molecule has 1 unspecified atom stereocenters. The van der Waals surface area contributed by atoms with Crippen LogP contribution in [0.15, 0.2) is 24.3 Å². The standard InChI is InChI=1S/C10H10FNO/c11-8-3-1-2-7(4-8)10-5-9(13)6-12-10/h1-4,10,12H,5-6H2. The maximum Gasteiger partial charge on any atom is 0.148 e. The molecule has 0 radical (unpaired) electrons. The first-order valence-electron chi connectivity index (χ1n) is 4.26. The molecule has 0 amide bonds. The van der Waals surface area contributed by atoms with E-state index in [1.807, 2.05) is 6.07 Å². The molecule has 1 aliphatic heterocycles. The first-order chi connectivity index (χ1) is 6.25. The van der Waals surface area contributed by atoms with E-state index in [9.17, 15) is 9.18 Å². The number of benzene rings is 1. The molecule has 1 heterocycles. The number of hydrogen-bond donors (Lipinski definition) is 1. The van der Waals surface area contributed by atoms with Crippen molar-refractivity contribution >= 4 is 5.78 Å². The van der Waals surface area contributed by atoms with Crippen LogP contribution in [0.4, 0.5) is 4.39 Å². The van der Waals surface area contributed by atoms with Crippen LogP contribution >= 0.6 is 0 Å². The minimum Gasteiger partial charge on any atom is -0.303 e. The highest BCUT2D eigenvalue weighted by Gasteiger charge is 2.22. The summed E-state index contributed by atoms with van der Waals surface area (Å²) in [5.41, 5.74) is 0.853. The molecule has 3 heteroatoms. The third kappa shape index (κ3) is 1.75. The molecule has 1 aliphatic rings. The summed E-state index contributed by atoms with van der Waals surface area (Å²) in [4.78, 5) is 11.0. The van der Waals surface area contributed by atoms with Gasteiger partial charge in [0.15, 0.2) is 0 Å². The van der Waals surface area contributed by atoms with Gasteiger partial charge in [-0.3, -0.25) is 4.79 Å². The van der Waals surface area contributed by atoms with Crippen LogP contribution in [-0.2, 0) is 4.79 Å². The molecule has 0 spiro atoms. The van der Waals surface area contributed by atoms with Crippen molar-refractivity contribution in [1.29, 1.82) is 0 Å². The molecule has 0 bridgehead atoms. The summed E-state index contributed by atoms with van der Waals surface area (Å²) in [6.07, 6.45) is 0.476. The van der Waals surface area contributed by atoms with E-state index in [0.717, 1.165) is 5.56 Å². The zero-order valence-corrected chi connectivity index (χ0v) is 7.09. The number of rotatable bonds is 1. The van der Waals surface area contributed by atoms with Gasteiger partial charge in [-0.1, -0.05) is 12.1 Å². The maximum atomic E-state index is 12.8. The summed E-state index contributed by atoms with van der Waals surface area (Å²) in [6, 6.07) is 6.37. The van der Waals surface area contributed by atoms with E-state index >= 15 is 0 Å². The van der Waals surface area contributed by atoms with Crippen molar-refractivity contribution in [1.82, 2.24) is 5.32 Å². The average molecular weight is 179 g/mol. The van der Waals surface area contributed by atoms with Crippen LogP contribution in [0.1, 0.15) is 18.0 Å². The van der Waals surface area contributed by atoms with Gasteiger partial charge in [-0.05, 0) is 17.7 Å². The van der Waals surface area contributed by atoms with Crippen LogP contribution in [0.2, 0.25) is 0 Å². The van der Waals surface area contributed by atoms with Crippen LogP contribution < -0.4 is 5.32 Å². The summed E-state index contributed by atoms with van der Waals surface area (Å²) in [6.45, 7) is 0.404. The lowest BCUT2D eigenvalue weighted by molar-refractivity contribution is -0.116. The lowest BCUT2D eigenvalue weighted by Crippen LogP contribution is -2.13. The van der Waals surface area contributed by atoms with Gasteiger partial charge in [-0.15, -0.1) is 0 Å². The van der Waals surface area contributed by atoms with Gasteiger partial charge in [0.25, 0.3) is 0 Å². The van der Waals surface area contributed by atoms with E-state index in [2.05, 4.69) is 5.32 Å². The van der Waals surface area contributed by atoms with Gasteiger partial charge in [0.1, 0.15) is 11.6 Å². The Bertz CT molecular complexity index is 337. The molecule has 1 aromatic rings. The summed E-state index contributed by atoms with van der Waals surface area (Å²) >= 11 is 0. The maximum absolute atomic E-state index is 12.8. The highest BCUT2D eigenvalue weighted by Crippen LogP contribution is 2.21. The number of halogens is 1. The van der Waals surface area contributed by atoms with Crippen molar-refractivity contribution in [3.8, 4) is 0 Å². The minimum atomic E-state index is -0.251. The molecule has 1 fully saturated rings. The van der Waals surface area contributed by atoms with Gasteiger partial charge in [0, 0.05) is 12.5 Å². The smallest absolute Gasteiger partial charge is 0.148 e.